The molecule has 2 aliphatic rings. The summed E-state index contributed by atoms with van der Waals surface area (Å²) in [5.74, 6) is 2.95. The molecule has 0 saturated heterocycles. The number of rotatable bonds is 5. The monoisotopic (exact) mass is 275 g/mol. The van der Waals surface area contributed by atoms with Gasteiger partial charge in [-0.2, -0.15) is 0 Å². The normalized spacial score (nSPS) is 23.2. The van der Waals surface area contributed by atoms with E-state index < -0.39 is 0 Å². The number of carbonyl (C=O) groups is 1. The van der Waals surface area contributed by atoms with E-state index in [1.807, 2.05) is 19.1 Å². The van der Waals surface area contributed by atoms with Crippen molar-refractivity contribution in [3.05, 3.63) is 23.8 Å². The van der Waals surface area contributed by atoms with Gasteiger partial charge in [-0.25, -0.2) is 0 Å². The third-order valence-electron chi connectivity index (χ3n) is 3.96. The average Bonchev–Trinajstić information content (AvgIpc) is 3.24. The molecule has 1 aromatic rings. The minimum absolute atomic E-state index is 0.160. The Balaban J connectivity index is 1.60. The van der Waals surface area contributed by atoms with E-state index in [1.165, 1.54) is 5.56 Å². The van der Waals surface area contributed by atoms with Crippen molar-refractivity contribution in [1.82, 2.24) is 5.32 Å². The van der Waals surface area contributed by atoms with Gasteiger partial charge in [-0.3, -0.25) is 4.79 Å². The summed E-state index contributed by atoms with van der Waals surface area (Å²) < 4.78 is 11.4. The number of benzene rings is 1. The Labute approximate surface area is 119 Å². The molecule has 108 valence electrons. The van der Waals surface area contributed by atoms with Crippen molar-refractivity contribution >= 4 is 5.91 Å². The fourth-order valence-electron chi connectivity index (χ4n) is 2.80. The molecule has 4 nitrogen and oxygen atoms in total. The predicted molar refractivity (Wildman–Crippen MR) is 76.2 cm³/mol. The van der Waals surface area contributed by atoms with Crippen molar-refractivity contribution in [2.75, 3.05) is 19.8 Å². The lowest BCUT2D eigenvalue weighted by Crippen LogP contribution is -2.25. The van der Waals surface area contributed by atoms with E-state index in [-0.39, 0.29) is 5.91 Å². The molecule has 0 aromatic heterocycles. The number of fused-ring (bicyclic) bond motifs is 1. The molecule has 1 fully saturated rings. The molecular formula is C16H21NO3. The van der Waals surface area contributed by atoms with Gasteiger partial charge in [-0.1, -0.05) is 19.1 Å². The summed E-state index contributed by atoms with van der Waals surface area (Å²) in [6, 6.07) is 6.10. The van der Waals surface area contributed by atoms with Gasteiger partial charge in [0.05, 0.1) is 0 Å². The molecule has 1 aliphatic heterocycles. The number of carbonyl (C=O) groups excluding carboxylic acids is 1. The van der Waals surface area contributed by atoms with E-state index in [4.69, 9.17) is 9.47 Å². The Hall–Kier alpha value is -1.71. The molecule has 3 rings (SSSR count). The van der Waals surface area contributed by atoms with Gasteiger partial charge >= 0.3 is 0 Å². The number of hydrogen-bond donors (Lipinski definition) is 1. The lowest BCUT2D eigenvalue weighted by Gasteiger charge is -2.21. The van der Waals surface area contributed by atoms with Gasteiger partial charge in [0.2, 0.25) is 5.91 Å². The van der Waals surface area contributed by atoms with Gasteiger partial charge in [-0.05, 0) is 30.7 Å². The summed E-state index contributed by atoms with van der Waals surface area (Å²) in [7, 11) is 0. The van der Waals surface area contributed by atoms with Gasteiger partial charge in [-0.15, -0.1) is 0 Å². The van der Waals surface area contributed by atoms with Gasteiger partial charge in [0.25, 0.3) is 0 Å². The van der Waals surface area contributed by atoms with E-state index in [9.17, 15) is 4.79 Å². The topological polar surface area (TPSA) is 47.6 Å². The fourth-order valence-corrected chi connectivity index (χ4v) is 2.80. The molecule has 1 saturated carbocycles. The first-order valence-electron chi connectivity index (χ1n) is 7.44. The number of amides is 1. The molecule has 20 heavy (non-hydrogen) atoms. The van der Waals surface area contributed by atoms with Crippen molar-refractivity contribution in [3.63, 3.8) is 0 Å². The molecule has 2 atom stereocenters. The number of hydrogen-bond acceptors (Lipinski definition) is 3. The van der Waals surface area contributed by atoms with Crippen LogP contribution in [-0.4, -0.2) is 25.7 Å². The third kappa shape index (κ3) is 2.74. The molecule has 0 spiro atoms. The highest BCUT2D eigenvalue weighted by atomic mass is 16.6. The number of para-hydroxylation sites is 1. The van der Waals surface area contributed by atoms with Crippen LogP contribution in [0, 0.1) is 5.92 Å². The zero-order valence-corrected chi connectivity index (χ0v) is 11.9. The standard InChI is InChI=1S/C16H21NO3/c1-2-4-15(18)17-10-11-9-13(11)12-5-3-6-14-16(12)20-8-7-19-14/h3,5-6,11,13H,2,4,7-10H2,1H3,(H,17,18)/t11-,13+/m0/s1. The maximum Gasteiger partial charge on any atom is 0.219 e. The van der Waals surface area contributed by atoms with E-state index in [2.05, 4.69) is 11.4 Å². The molecule has 0 bridgehead atoms. The predicted octanol–water partition coefficient (Wildman–Crippen LogP) is 2.48. The molecule has 1 aromatic carbocycles. The van der Waals surface area contributed by atoms with Crippen molar-refractivity contribution in [2.24, 2.45) is 5.92 Å². The third-order valence-corrected chi connectivity index (χ3v) is 3.96. The highest BCUT2D eigenvalue weighted by molar-refractivity contribution is 5.75. The highest BCUT2D eigenvalue weighted by Gasteiger charge is 2.40. The quantitative estimate of drug-likeness (QED) is 0.898. The van der Waals surface area contributed by atoms with Crippen LogP contribution in [0.15, 0.2) is 18.2 Å². The summed E-state index contributed by atoms with van der Waals surface area (Å²) in [5.41, 5.74) is 1.23. The smallest absolute Gasteiger partial charge is 0.219 e. The Morgan fingerprint density at radius 1 is 1.35 bits per heavy atom. The second-order valence-electron chi connectivity index (χ2n) is 5.53. The lowest BCUT2D eigenvalue weighted by molar-refractivity contribution is -0.121. The van der Waals surface area contributed by atoms with Crippen LogP contribution in [0.3, 0.4) is 0 Å². The van der Waals surface area contributed by atoms with Crippen LogP contribution < -0.4 is 14.8 Å². The molecule has 1 heterocycles. The van der Waals surface area contributed by atoms with Gasteiger partial charge < -0.3 is 14.8 Å². The summed E-state index contributed by atoms with van der Waals surface area (Å²) in [6.07, 6.45) is 2.64. The van der Waals surface area contributed by atoms with Crippen LogP contribution in [0.1, 0.15) is 37.7 Å². The SMILES string of the molecule is CCCC(=O)NC[C@@H]1C[C@H]1c1cccc2c1OCCO2. The molecular weight excluding hydrogens is 254 g/mol. The summed E-state index contributed by atoms with van der Waals surface area (Å²) >= 11 is 0. The van der Waals surface area contributed by atoms with E-state index in [0.29, 0.717) is 31.5 Å². The molecule has 1 aliphatic carbocycles. The van der Waals surface area contributed by atoms with Gasteiger partial charge in [0, 0.05) is 18.5 Å². The van der Waals surface area contributed by atoms with Crippen molar-refractivity contribution < 1.29 is 14.3 Å². The van der Waals surface area contributed by atoms with Gasteiger partial charge in [0.15, 0.2) is 11.5 Å². The van der Waals surface area contributed by atoms with Crippen LogP contribution in [0.25, 0.3) is 0 Å². The van der Waals surface area contributed by atoms with Crippen LogP contribution in [0.2, 0.25) is 0 Å². The van der Waals surface area contributed by atoms with Crippen LogP contribution in [0.5, 0.6) is 11.5 Å². The summed E-state index contributed by atoms with van der Waals surface area (Å²) in [5, 5.41) is 3.01. The first kappa shape index (κ1) is 13.3. The molecule has 4 heteroatoms. The van der Waals surface area contributed by atoms with Gasteiger partial charge in [0.1, 0.15) is 13.2 Å². The van der Waals surface area contributed by atoms with Crippen LogP contribution >= 0.6 is 0 Å². The van der Waals surface area contributed by atoms with Crippen molar-refractivity contribution in [2.45, 2.75) is 32.1 Å². The summed E-state index contributed by atoms with van der Waals surface area (Å²) in [6.45, 7) is 4.04. The first-order valence-corrected chi connectivity index (χ1v) is 7.44. The molecule has 1 amide bonds. The molecule has 0 radical (unpaired) electrons. The molecule has 0 unspecified atom stereocenters. The Morgan fingerprint density at radius 3 is 3.05 bits per heavy atom. The second-order valence-corrected chi connectivity index (χ2v) is 5.53. The number of nitrogens with one attached hydrogen (secondary N) is 1. The Morgan fingerprint density at radius 2 is 2.20 bits per heavy atom. The maximum absolute atomic E-state index is 11.5. The van der Waals surface area contributed by atoms with E-state index in [0.717, 1.165) is 30.9 Å². The highest BCUT2D eigenvalue weighted by Crippen LogP contribution is 2.52. The second kappa shape index (κ2) is 5.73. The Kier molecular flexibility index (Phi) is 3.81. The minimum atomic E-state index is 0.160. The molecule has 1 N–H and O–H groups in total. The van der Waals surface area contributed by atoms with Crippen molar-refractivity contribution in [3.8, 4) is 11.5 Å². The van der Waals surface area contributed by atoms with E-state index >= 15 is 0 Å². The van der Waals surface area contributed by atoms with Crippen LogP contribution in [-0.2, 0) is 4.79 Å². The lowest BCUT2D eigenvalue weighted by atomic mass is 10.1. The first-order chi connectivity index (χ1) is 9.79. The maximum atomic E-state index is 11.5. The largest absolute Gasteiger partial charge is 0.486 e. The zero-order chi connectivity index (χ0) is 13.9. The summed E-state index contributed by atoms with van der Waals surface area (Å²) in [4.78, 5) is 11.5. The average molecular weight is 275 g/mol. The van der Waals surface area contributed by atoms with Crippen molar-refractivity contribution in [1.29, 1.82) is 0 Å². The fraction of sp³-hybridized carbons (Fsp3) is 0.562. The number of ether oxygens (including phenoxy) is 2. The Bertz CT molecular complexity index is 500. The zero-order valence-electron chi connectivity index (χ0n) is 11.9. The minimum Gasteiger partial charge on any atom is -0.486 e. The van der Waals surface area contributed by atoms with Crippen LogP contribution in [0.4, 0.5) is 0 Å². The van der Waals surface area contributed by atoms with E-state index in [1.54, 1.807) is 0 Å².